The summed E-state index contributed by atoms with van der Waals surface area (Å²) in [7, 11) is 1.77. The highest BCUT2D eigenvalue weighted by Crippen LogP contribution is 2.24. The Kier molecular flexibility index (Phi) is 4.94. The van der Waals surface area contributed by atoms with Gasteiger partial charge in [0.05, 0.1) is 0 Å². The van der Waals surface area contributed by atoms with Gasteiger partial charge in [0, 0.05) is 39.6 Å². The van der Waals surface area contributed by atoms with Gasteiger partial charge in [-0.05, 0) is 11.1 Å². The molecule has 5 heteroatoms. The smallest absolute Gasteiger partial charge is 0.247 e. The fourth-order valence-corrected chi connectivity index (χ4v) is 4.11. The monoisotopic (exact) mass is 363 g/mol. The maximum atomic E-state index is 13.1. The van der Waals surface area contributed by atoms with Gasteiger partial charge in [-0.1, -0.05) is 60.7 Å². The third-order valence-corrected chi connectivity index (χ3v) is 5.65. The number of piperazine rings is 2. The lowest BCUT2D eigenvalue weighted by Crippen LogP contribution is -2.69. The fourth-order valence-electron chi connectivity index (χ4n) is 4.11. The van der Waals surface area contributed by atoms with E-state index in [-0.39, 0.29) is 17.9 Å². The van der Waals surface area contributed by atoms with Gasteiger partial charge in [-0.2, -0.15) is 0 Å². The van der Waals surface area contributed by atoms with Crippen molar-refractivity contribution in [1.82, 2.24) is 14.7 Å². The lowest BCUT2D eigenvalue weighted by molar-refractivity contribution is -0.164. The van der Waals surface area contributed by atoms with Crippen LogP contribution in [-0.2, 0) is 22.6 Å². The Labute approximate surface area is 160 Å². The predicted molar refractivity (Wildman–Crippen MR) is 104 cm³/mol. The molecule has 0 aromatic heterocycles. The van der Waals surface area contributed by atoms with Crippen molar-refractivity contribution < 1.29 is 9.59 Å². The number of nitrogens with zero attached hydrogens (tertiary/aromatic N) is 3. The first kappa shape index (κ1) is 17.7. The number of carbonyl (C=O) groups excluding carboxylic acids is 2. The van der Waals surface area contributed by atoms with Gasteiger partial charge < -0.3 is 9.80 Å². The first-order valence-electron chi connectivity index (χ1n) is 9.51. The van der Waals surface area contributed by atoms with Crippen molar-refractivity contribution in [1.29, 1.82) is 0 Å². The second-order valence-electron chi connectivity index (χ2n) is 7.42. The number of fused-ring (bicyclic) bond motifs is 1. The highest BCUT2D eigenvalue weighted by molar-refractivity contribution is 5.97. The predicted octanol–water partition coefficient (Wildman–Crippen LogP) is 1.78. The minimum absolute atomic E-state index is 0.0493. The first-order chi connectivity index (χ1) is 13.1. The number of amides is 2. The maximum absolute atomic E-state index is 13.1. The van der Waals surface area contributed by atoms with Crippen LogP contribution in [0.2, 0.25) is 0 Å². The standard InChI is InChI=1S/C22H25N3O2/c1-23-19(14-17-8-4-2-5-9-17)22(27)25-13-12-24(16-20(25)21(23)26)15-18-10-6-3-7-11-18/h2-11,19-20H,12-16H2,1H3/t19-,20+/m0/s1. The average molecular weight is 363 g/mol. The van der Waals surface area contributed by atoms with Crippen molar-refractivity contribution in [3.63, 3.8) is 0 Å². The summed E-state index contributed by atoms with van der Waals surface area (Å²) in [5.74, 6) is 0.124. The molecule has 0 unspecified atom stereocenters. The van der Waals surface area contributed by atoms with Crippen molar-refractivity contribution in [2.45, 2.75) is 25.0 Å². The Balaban J connectivity index is 1.47. The summed E-state index contributed by atoms with van der Waals surface area (Å²) in [6.07, 6.45) is 0.568. The molecule has 5 nitrogen and oxygen atoms in total. The molecule has 2 aliphatic heterocycles. The topological polar surface area (TPSA) is 43.9 Å². The summed E-state index contributed by atoms with van der Waals surface area (Å²) in [4.78, 5) is 31.8. The number of carbonyl (C=O) groups is 2. The van der Waals surface area contributed by atoms with Crippen LogP contribution < -0.4 is 0 Å². The molecule has 0 N–H and O–H groups in total. The molecule has 0 aliphatic carbocycles. The number of likely N-dealkylation sites (N-methyl/N-ethyl adjacent to an activating group) is 1. The van der Waals surface area contributed by atoms with E-state index in [0.29, 0.717) is 19.5 Å². The van der Waals surface area contributed by atoms with Crippen LogP contribution in [0.25, 0.3) is 0 Å². The van der Waals surface area contributed by atoms with Gasteiger partial charge >= 0.3 is 0 Å². The minimum Gasteiger partial charge on any atom is -0.332 e. The van der Waals surface area contributed by atoms with Crippen LogP contribution in [0, 0.1) is 0 Å². The Bertz CT molecular complexity index is 809. The second-order valence-corrected chi connectivity index (χ2v) is 7.42. The van der Waals surface area contributed by atoms with Crippen LogP contribution in [0.3, 0.4) is 0 Å². The fraction of sp³-hybridized carbons (Fsp3) is 0.364. The van der Waals surface area contributed by atoms with E-state index in [1.807, 2.05) is 48.5 Å². The molecular weight excluding hydrogens is 338 g/mol. The van der Waals surface area contributed by atoms with E-state index in [1.54, 1.807) is 16.8 Å². The molecule has 2 aromatic rings. The third-order valence-electron chi connectivity index (χ3n) is 5.65. The Morgan fingerprint density at radius 2 is 1.48 bits per heavy atom. The number of benzene rings is 2. The molecule has 140 valence electrons. The molecular formula is C22H25N3O2. The second kappa shape index (κ2) is 7.53. The van der Waals surface area contributed by atoms with Crippen LogP contribution in [0.4, 0.5) is 0 Å². The molecule has 27 heavy (non-hydrogen) atoms. The molecule has 2 aliphatic rings. The lowest BCUT2D eigenvalue weighted by atomic mass is 9.97. The summed E-state index contributed by atoms with van der Waals surface area (Å²) in [6, 6.07) is 19.4. The van der Waals surface area contributed by atoms with Crippen molar-refractivity contribution in [2.75, 3.05) is 26.7 Å². The summed E-state index contributed by atoms with van der Waals surface area (Å²) in [5.41, 5.74) is 2.31. The molecule has 4 rings (SSSR count). The average Bonchev–Trinajstić information content (AvgIpc) is 2.71. The Hall–Kier alpha value is -2.66. The van der Waals surface area contributed by atoms with E-state index in [1.165, 1.54) is 5.56 Å². The maximum Gasteiger partial charge on any atom is 0.247 e. The van der Waals surface area contributed by atoms with Crippen LogP contribution in [0.5, 0.6) is 0 Å². The van der Waals surface area contributed by atoms with Gasteiger partial charge in [0.1, 0.15) is 12.1 Å². The Morgan fingerprint density at radius 3 is 2.15 bits per heavy atom. The van der Waals surface area contributed by atoms with Gasteiger partial charge in [-0.15, -0.1) is 0 Å². The minimum atomic E-state index is -0.406. The van der Waals surface area contributed by atoms with Crippen LogP contribution >= 0.6 is 0 Å². The zero-order valence-electron chi connectivity index (χ0n) is 15.6. The highest BCUT2D eigenvalue weighted by atomic mass is 16.2. The number of hydrogen-bond acceptors (Lipinski definition) is 3. The lowest BCUT2D eigenvalue weighted by Gasteiger charge is -2.48. The summed E-state index contributed by atoms with van der Waals surface area (Å²) >= 11 is 0. The molecule has 0 spiro atoms. The van der Waals surface area contributed by atoms with E-state index in [9.17, 15) is 9.59 Å². The van der Waals surface area contributed by atoms with E-state index >= 15 is 0 Å². The van der Waals surface area contributed by atoms with Gasteiger partial charge in [-0.25, -0.2) is 0 Å². The van der Waals surface area contributed by atoms with E-state index in [0.717, 1.165) is 18.7 Å². The van der Waals surface area contributed by atoms with Crippen LogP contribution in [0.1, 0.15) is 11.1 Å². The normalized spacial score (nSPS) is 23.4. The zero-order chi connectivity index (χ0) is 18.8. The van der Waals surface area contributed by atoms with Gasteiger partial charge in [0.2, 0.25) is 11.8 Å². The highest BCUT2D eigenvalue weighted by Gasteiger charge is 2.46. The van der Waals surface area contributed by atoms with Crippen LogP contribution in [-0.4, -0.2) is 65.3 Å². The molecule has 2 atom stereocenters. The van der Waals surface area contributed by atoms with Crippen LogP contribution in [0.15, 0.2) is 60.7 Å². The SMILES string of the molecule is CN1C(=O)[C@H]2CN(Cc3ccccc3)CCN2C(=O)[C@@H]1Cc1ccccc1. The van der Waals surface area contributed by atoms with E-state index in [2.05, 4.69) is 17.0 Å². The molecule has 2 aromatic carbocycles. The van der Waals surface area contributed by atoms with Crippen molar-refractivity contribution >= 4 is 11.8 Å². The molecule has 2 fully saturated rings. The van der Waals surface area contributed by atoms with Crippen molar-refractivity contribution in [3.8, 4) is 0 Å². The van der Waals surface area contributed by atoms with Gasteiger partial charge in [0.15, 0.2) is 0 Å². The van der Waals surface area contributed by atoms with E-state index < -0.39 is 6.04 Å². The van der Waals surface area contributed by atoms with E-state index in [4.69, 9.17) is 0 Å². The first-order valence-corrected chi connectivity index (χ1v) is 9.51. The van der Waals surface area contributed by atoms with Crippen molar-refractivity contribution in [2.24, 2.45) is 0 Å². The van der Waals surface area contributed by atoms with Gasteiger partial charge in [-0.3, -0.25) is 14.5 Å². The molecule has 0 radical (unpaired) electrons. The summed E-state index contributed by atoms with van der Waals surface area (Å²) in [5, 5.41) is 0. The van der Waals surface area contributed by atoms with Crippen molar-refractivity contribution in [3.05, 3.63) is 71.8 Å². The summed E-state index contributed by atoms with van der Waals surface area (Å²) in [6.45, 7) is 2.82. The molecule has 0 bridgehead atoms. The number of rotatable bonds is 4. The molecule has 0 saturated carbocycles. The zero-order valence-corrected chi connectivity index (χ0v) is 15.6. The van der Waals surface area contributed by atoms with Gasteiger partial charge in [0.25, 0.3) is 0 Å². The third kappa shape index (κ3) is 3.60. The molecule has 2 amide bonds. The molecule has 2 saturated heterocycles. The summed E-state index contributed by atoms with van der Waals surface area (Å²) < 4.78 is 0. The molecule has 2 heterocycles. The largest absolute Gasteiger partial charge is 0.332 e. The quantitative estimate of drug-likeness (QED) is 0.832. The Morgan fingerprint density at radius 1 is 0.852 bits per heavy atom. The number of hydrogen-bond donors (Lipinski definition) is 0.